The predicted octanol–water partition coefficient (Wildman–Crippen LogP) is 6.38. The molecule has 1 heterocycles. The van der Waals surface area contributed by atoms with Crippen molar-refractivity contribution in [2.45, 2.75) is 91.1 Å². The van der Waals surface area contributed by atoms with Crippen LogP contribution in [0.25, 0.3) is 0 Å². The van der Waals surface area contributed by atoms with E-state index >= 15 is 0 Å². The quantitative estimate of drug-likeness (QED) is 0.530. The molecule has 3 aliphatic carbocycles. The molecule has 0 aromatic carbocycles. The van der Waals surface area contributed by atoms with Crippen LogP contribution in [0.15, 0.2) is 35.5 Å². The van der Waals surface area contributed by atoms with Crippen LogP contribution >= 0.6 is 0 Å². The monoisotopic (exact) mass is 426 g/mol. The first kappa shape index (κ1) is 22.8. The van der Waals surface area contributed by atoms with Gasteiger partial charge in [-0.25, -0.2) is 0 Å². The fourth-order valence-electron chi connectivity index (χ4n) is 7.51. The summed E-state index contributed by atoms with van der Waals surface area (Å²) in [7, 11) is 0. The lowest BCUT2D eigenvalue weighted by Crippen LogP contribution is -2.37. The van der Waals surface area contributed by atoms with Crippen molar-refractivity contribution in [2.24, 2.45) is 35.0 Å². The Morgan fingerprint density at radius 3 is 2.81 bits per heavy atom. The van der Waals surface area contributed by atoms with Crippen molar-refractivity contribution in [3.63, 3.8) is 0 Å². The van der Waals surface area contributed by atoms with Crippen molar-refractivity contribution >= 4 is 5.97 Å². The van der Waals surface area contributed by atoms with Crippen molar-refractivity contribution in [1.82, 2.24) is 0 Å². The number of allylic oxidation sites excluding steroid dienone is 3. The molecule has 0 radical (unpaired) electrons. The number of carbonyl (C=O) groups is 1. The summed E-state index contributed by atoms with van der Waals surface area (Å²) in [5.41, 5.74) is 4.20. The van der Waals surface area contributed by atoms with Gasteiger partial charge in [-0.3, -0.25) is 4.79 Å². The Balaban J connectivity index is 1.45. The highest BCUT2D eigenvalue weighted by atomic mass is 16.5. The highest BCUT2D eigenvalue weighted by Gasteiger charge is 2.50. The second kappa shape index (κ2) is 9.25. The number of fused-ring (bicyclic) bond motifs is 1. The van der Waals surface area contributed by atoms with Gasteiger partial charge in [-0.1, -0.05) is 45.1 Å². The number of rotatable bonds is 4. The third-order valence-electron chi connectivity index (χ3n) is 9.22. The van der Waals surface area contributed by atoms with Crippen LogP contribution in [-0.4, -0.2) is 23.8 Å². The zero-order valence-corrected chi connectivity index (χ0v) is 19.9. The van der Waals surface area contributed by atoms with Gasteiger partial charge in [0, 0.05) is 0 Å². The molecule has 1 unspecified atom stereocenters. The van der Waals surface area contributed by atoms with Crippen LogP contribution in [0.1, 0.15) is 85.0 Å². The molecule has 4 aliphatic rings. The van der Waals surface area contributed by atoms with Gasteiger partial charge in [0.2, 0.25) is 0 Å². The fourth-order valence-corrected chi connectivity index (χ4v) is 7.51. The molecule has 1 N–H and O–H groups in total. The van der Waals surface area contributed by atoms with Crippen LogP contribution in [0.3, 0.4) is 0 Å². The molecule has 3 saturated carbocycles. The second-order valence-electron chi connectivity index (χ2n) is 11.3. The molecule has 0 bridgehead atoms. The fraction of sp³-hybridized carbons (Fsp3) is 0.750. The Hall–Kier alpha value is -1.35. The maximum atomic E-state index is 11.7. The lowest BCUT2D eigenvalue weighted by molar-refractivity contribution is -0.155. The van der Waals surface area contributed by atoms with Gasteiger partial charge in [0.15, 0.2) is 0 Å². The molecule has 31 heavy (non-hydrogen) atoms. The van der Waals surface area contributed by atoms with E-state index in [9.17, 15) is 9.90 Å². The minimum absolute atomic E-state index is 0.0128. The van der Waals surface area contributed by atoms with E-state index in [0.717, 1.165) is 37.2 Å². The van der Waals surface area contributed by atoms with Crippen molar-refractivity contribution in [1.29, 1.82) is 0 Å². The van der Waals surface area contributed by atoms with Gasteiger partial charge in [0.05, 0.1) is 18.6 Å². The second-order valence-corrected chi connectivity index (χ2v) is 11.3. The average molecular weight is 427 g/mol. The summed E-state index contributed by atoms with van der Waals surface area (Å²) in [4.78, 5) is 11.7. The van der Waals surface area contributed by atoms with E-state index in [4.69, 9.17) is 4.74 Å². The maximum Gasteiger partial charge on any atom is 0.308 e. The molecule has 172 valence electrons. The van der Waals surface area contributed by atoms with Gasteiger partial charge in [-0.15, -0.1) is 0 Å². The Kier molecular flexibility index (Phi) is 6.82. The molecule has 0 aromatic rings. The molecule has 4 rings (SSSR count). The largest absolute Gasteiger partial charge is 0.465 e. The van der Waals surface area contributed by atoms with E-state index in [2.05, 4.69) is 32.6 Å². The first-order chi connectivity index (χ1) is 14.8. The van der Waals surface area contributed by atoms with E-state index in [1.165, 1.54) is 44.1 Å². The smallest absolute Gasteiger partial charge is 0.308 e. The molecular weight excluding hydrogens is 384 g/mol. The highest BCUT2D eigenvalue weighted by molar-refractivity contribution is 5.72. The Bertz CT molecular complexity index is 762. The van der Waals surface area contributed by atoms with Gasteiger partial charge < -0.3 is 9.84 Å². The van der Waals surface area contributed by atoms with Crippen molar-refractivity contribution in [2.75, 3.05) is 6.61 Å². The number of hydrogen-bond donors (Lipinski definition) is 1. The average Bonchev–Trinajstić information content (AvgIpc) is 3.09. The molecule has 0 aromatic heterocycles. The summed E-state index contributed by atoms with van der Waals surface area (Å²) in [6.45, 7) is 11.8. The molecular formula is C28H42O3. The summed E-state index contributed by atoms with van der Waals surface area (Å²) < 4.78 is 5.44. The van der Waals surface area contributed by atoms with E-state index < -0.39 is 0 Å². The maximum absolute atomic E-state index is 11.7. The van der Waals surface area contributed by atoms with Gasteiger partial charge in [0.1, 0.15) is 0 Å². The van der Waals surface area contributed by atoms with E-state index in [1.807, 2.05) is 6.92 Å². The van der Waals surface area contributed by atoms with Gasteiger partial charge >= 0.3 is 5.97 Å². The molecule has 3 nitrogen and oxygen atoms in total. The summed E-state index contributed by atoms with van der Waals surface area (Å²) in [5.74, 6) is 2.69. The van der Waals surface area contributed by atoms with Crippen LogP contribution in [0.2, 0.25) is 0 Å². The minimum atomic E-state index is -0.353. The number of cyclic esters (lactones) is 1. The summed E-state index contributed by atoms with van der Waals surface area (Å²) >= 11 is 0. The number of aliphatic hydroxyl groups is 1. The standard InChI is InChI=1S/C28H42O3/c1-18(15-21-16-19(2)27(30)31-17-21)24-12-13-25-23(8-6-14-28(24,25)4)11-10-22-7-5-9-26(29)20(22)3/h10-11,18-19,21,24-26,29H,3,5-9,12-17H2,1-2,4H3/b22-10-,23-11+/t18-,19-,21-,24-,25?,26+,28-/m1/s1. The summed E-state index contributed by atoms with van der Waals surface area (Å²) in [6, 6.07) is 0. The molecule has 3 heteroatoms. The van der Waals surface area contributed by atoms with Crippen LogP contribution < -0.4 is 0 Å². The van der Waals surface area contributed by atoms with E-state index in [0.29, 0.717) is 29.8 Å². The molecule has 1 saturated heterocycles. The van der Waals surface area contributed by atoms with Crippen LogP contribution in [0, 0.1) is 35.0 Å². The molecule has 0 amide bonds. The molecule has 1 aliphatic heterocycles. The zero-order valence-electron chi connectivity index (χ0n) is 19.9. The number of carbonyl (C=O) groups excluding carboxylic acids is 1. The van der Waals surface area contributed by atoms with Crippen LogP contribution in [0.5, 0.6) is 0 Å². The third kappa shape index (κ3) is 4.58. The van der Waals surface area contributed by atoms with Crippen molar-refractivity contribution < 1.29 is 14.6 Å². The van der Waals surface area contributed by atoms with Crippen LogP contribution in [-0.2, 0) is 9.53 Å². The van der Waals surface area contributed by atoms with Gasteiger partial charge in [0.25, 0.3) is 0 Å². The van der Waals surface area contributed by atoms with E-state index in [-0.39, 0.29) is 18.0 Å². The van der Waals surface area contributed by atoms with Gasteiger partial charge in [-0.2, -0.15) is 0 Å². The topological polar surface area (TPSA) is 46.5 Å². The first-order valence-electron chi connectivity index (χ1n) is 12.7. The first-order valence-corrected chi connectivity index (χ1v) is 12.7. The predicted molar refractivity (Wildman–Crippen MR) is 125 cm³/mol. The Morgan fingerprint density at radius 2 is 2.03 bits per heavy atom. The summed E-state index contributed by atoms with van der Waals surface area (Å²) in [5, 5.41) is 10.1. The minimum Gasteiger partial charge on any atom is -0.465 e. The third-order valence-corrected chi connectivity index (χ3v) is 9.22. The molecule has 7 atom stereocenters. The highest BCUT2D eigenvalue weighted by Crippen LogP contribution is 2.60. The van der Waals surface area contributed by atoms with Crippen molar-refractivity contribution in [3.8, 4) is 0 Å². The van der Waals surface area contributed by atoms with E-state index in [1.54, 1.807) is 5.57 Å². The lowest BCUT2D eigenvalue weighted by Gasteiger charge is -2.45. The molecule has 0 spiro atoms. The van der Waals surface area contributed by atoms with Crippen molar-refractivity contribution in [3.05, 3.63) is 35.5 Å². The lowest BCUT2D eigenvalue weighted by atomic mass is 9.60. The van der Waals surface area contributed by atoms with Crippen LogP contribution in [0.4, 0.5) is 0 Å². The van der Waals surface area contributed by atoms with Gasteiger partial charge in [-0.05, 0) is 104 Å². The zero-order chi connectivity index (χ0) is 22.2. The molecule has 4 fully saturated rings. The Morgan fingerprint density at radius 1 is 1.23 bits per heavy atom. The number of ether oxygens (including phenoxy) is 1. The Labute approximate surface area is 189 Å². The number of esters is 1. The normalized spacial score (nSPS) is 42.5. The number of hydrogen-bond acceptors (Lipinski definition) is 3. The number of aliphatic hydroxyl groups excluding tert-OH is 1. The SMILES string of the molecule is C=C1/C(=C\C=C2/CCC[C@@]3(C)C2CC[C@@H]3[C@H](C)C[C@H]2COC(=O)[C@H](C)C2)CCC[C@@H]1O. The summed E-state index contributed by atoms with van der Waals surface area (Å²) in [6.07, 6.45) is 15.9.